The lowest BCUT2D eigenvalue weighted by molar-refractivity contribution is -0.119. The Balaban J connectivity index is 2.68. The van der Waals surface area contributed by atoms with E-state index in [2.05, 4.69) is 0 Å². The molecule has 0 fully saturated rings. The monoisotopic (exact) mass is 250 g/mol. The Labute approximate surface area is 107 Å². The second-order valence-corrected chi connectivity index (χ2v) is 3.81. The number of rotatable bonds is 8. The molecule has 4 heteroatoms. The molecule has 18 heavy (non-hydrogen) atoms. The van der Waals surface area contributed by atoms with E-state index in [1.165, 1.54) is 7.11 Å². The molecule has 4 nitrogen and oxygen atoms in total. The molecule has 0 N–H and O–H groups in total. The van der Waals surface area contributed by atoms with Crippen molar-refractivity contribution in [3.05, 3.63) is 29.8 Å². The summed E-state index contributed by atoms with van der Waals surface area (Å²) in [6, 6.07) is 6.97. The Hall–Kier alpha value is -1.68. The molecule has 98 valence electrons. The zero-order chi connectivity index (χ0) is 13.4. The van der Waals surface area contributed by atoms with Gasteiger partial charge in [0.1, 0.15) is 11.5 Å². The molecular formula is C14H18O4. The average Bonchev–Trinajstić information content (AvgIpc) is 2.37. The van der Waals surface area contributed by atoms with Gasteiger partial charge in [-0.3, -0.25) is 9.59 Å². The minimum Gasteiger partial charge on any atom is -0.493 e. The smallest absolute Gasteiger partial charge is 0.173 e. The summed E-state index contributed by atoms with van der Waals surface area (Å²) in [4.78, 5) is 23.5. The highest BCUT2D eigenvalue weighted by atomic mass is 16.5. The van der Waals surface area contributed by atoms with E-state index in [0.29, 0.717) is 24.5 Å². The van der Waals surface area contributed by atoms with Crippen molar-refractivity contribution in [2.24, 2.45) is 0 Å². The SMILES string of the molecule is CCOc1ccccc1C(=O)CC(=O)CCOC. The van der Waals surface area contributed by atoms with E-state index in [1.807, 2.05) is 6.92 Å². The highest BCUT2D eigenvalue weighted by Crippen LogP contribution is 2.19. The van der Waals surface area contributed by atoms with Gasteiger partial charge in [0.05, 0.1) is 25.2 Å². The summed E-state index contributed by atoms with van der Waals surface area (Å²) < 4.78 is 10.2. The number of para-hydroxylation sites is 1. The predicted molar refractivity (Wildman–Crippen MR) is 68.1 cm³/mol. The number of benzene rings is 1. The minimum absolute atomic E-state index is 0.104. The summed E-state index contributed by atoms with van der Waals surface area (Å²) in [6.45, 7) is 2.69. The molecule has 0 bridgehead atoms. The lowest BCUT2D eigenvalue weighted by atomic mass is 10.0. The first kappa shape index (κ1) is 14.4. The van der Waals surface area contributed by atoms with E-state index in [-0.39, 0.29) is 24.4 Å². The molecule has 0 heterocycles. The third-order valence-corrected chi connectivity index (χ3v) is 2.43. The maximum atomic E-state index is 12.0. The molecule has 0 unspecified atom stereocenters. The highest BCUT2D eigenvalue weighted by molar-refractivity contribution is 6.09. The number of hydrogen-bond acceptors (Lipinski definition) is 4. The van der Waals surface area contributed by atoms with Crippen molar-refractivity contribution in [1.82, 2.24) is 0 Å². The minimum atomic E-state index is -0.208. The molecule has 1 aromatic rings. The van der Waals surface area contributed by atoms with E-state index in [1.54, 1.807) is 24.3 Å². The van der Waals surface area contributed by atoms with Crippen molar-refractivity contribution in [3.8, 4) is 5.75 Å². The molecule has 1 aromatic carbocycles. The molecular weight excluding hydrogens is 232 g/mol. The zero-order valence-electron chi connectivity index (χ0n) is 10.8. The van der Waals surface area contributed by atoms with Crippen LogP contribution in [0.5, 0.6) is 5.75 Å². The topological polar surface area (TPSA) is 52.6 Å². The number of methoxy groups -OCH3 is 1. The number of carbonyl (C=O) groups is 2. The summed E-state index contributed by atoms with van der Waals surface area (Å²) in [7, 11) is 1.53. The van der Waals surface area contributed by atoms with Crippen molar-refractivity contribution in [2.45, 2.75) is 19.8 Å². The normalized spacial score (nSPS) is 10.1. The van der Waals surface area contributed by atoms with Crippen LogP contribution in [0.15, 0.2) is 24.3 Å². The third-order valence-electron chi connectivity index (χ3n) is 2.43. The summed E-state index contributed by atoms with van der Waals surface area (Å²) in [5.41, 5.74) is 0.463. The standard InChI is InChI=1S/C14H18O4/c1-3-18-14-7-5-4-6-12(14)13(16)10-11(15)8-9-17-2/h4-7H,3,8-10H2,1-2H3. The maximum Gasteiger partial charge on any atom is 0.173 e. The largest absolute Gasteiger partial charge is 0.493 e. The first-order chi connectivity index (χ1) is 8.69. The van der Waals surface area contributed by atoms with Gasteiger partial charge in [-0.1, -0.05) is 12.1 Å². The van der Waals surface area contributed by atoms with Crippen LogP contribution in [-0.2, 0) is 9.53 Å². The Bertz CT molecular complexity index is 412. The molecule has 0 atom stereocenters. The third kappa shape index (κ3) is 4.30. The zero-order valence-corrected chi connectivity index (χ0v) is 10.8. The Morgan fingerprint density at radius 1 is 1.22 bits per heavy atom. The Kier molecular flexibility index (Phi) is 6.08. The van der Waals surface area contributed by atoms with E-state index in [4.69, 9.17) is 9.47 Å². The molecule has 1 rings (SSSR count). The molecule has 0 saturated carbocycles. The fraction of sp³-hybridized carbons (Fsp3) is 0.429. The highest BCUT2D eigenvalue weighted by Gasteiger charge is 2.15. The van der Waals surface area contributed by atoms with Crippen LogP contribution in [0, 0.1) is 0 Å². The lowest BCUT2D eigenvalue weighted by Crippen LogP contribution is -2.11. The van der Waals surface area contributed by atoms with Gasteiger partial charge in [0.25, 0.3) is 0 Å². The quantitative estimate of drug-likeness (QED) is 0.524. The van der Waals surface area contributed by atoms with Crippen molar-refractivity contribution in [2.75, 3.05) is 20.3 Å². The van der Waals surface area contributed by atoms with Crippen LogP contribution < -0.4 is 4.74 Å². The van der Waals surface area contributed by atoms with Gasteiger partial charge in [0.2, 0.25) is 0 Å². The number of ketones is 2. The fourth-order valence-corrected chi connectivity index (χ4v) is 1.56. The van der Waals surface area contributed by atoms with Crippen LogP contribution in [0.25, 0.3) is 0 Å². The molecule has 0 amide bonds. The Morgan fingerprint density at radius 3 is 2.61 bits per heavy atom. The first-order valence-corrected chi connectivity index (χ1v) is 5.94. The number of carbonyl (C=O) groups excluding carboxylic acids is 2. The number of hydrogen-bond donors (Lipinski definition) is 0. The van der Waals surface area contributed by atoms with Crippen LogP contribution in [-0.4, -0.2) is 31.9 Å². The van der Waals surface area contributed by atoms with Gasteiger partial charge in [0, 0.05) is 13.5 Å². The van der Waals surface area contributed by atoms with Crippen LogP contribution >= 0.6 is 0 Å². The van der Waals surface area contributed by atoms with Crippen LogP contribution in [0.4, 0.5) is 0 Å². The van der Waals surface area contributed by atoms with E-state index in [9.17, 15) is 9.59 Å². The summed E-state index contributed by atoms with van der Waals surface area (Å²) in [5.74, 6) is 0.206. The molecule has 0 aromatic heterocycles. The van der Waals surface area contributed by atoms with Gasteiger partial charge in [-0.2, -0.15) is 0 Å². The molecule has 0 aliphatic heterocycles. The summed E-state index contributed by atoms with van der Waals surface area (Å²) >= 11 is 0. The van der Waals surface area contributed by atoms with Crippen molar-refractivity contribution >= 4 is 11.6 Å². The average molecular weight is 250 g/mol. The second-order valence-electron chi connectivity index (χ2n) is 3.81. The maximum absolute atomic E-state index is 12.0. The number of Topliss-reactive ketones (excluding diaryl/α,β-unsaturated/α-hetero) is 2. The predicted octanol–water partition coefficient (Wildman–Crippen LogP) is 2.26. The van der Waals surface area contributed by atoms with E-state index in [0.717, 1.165) is 0 Å². The van der Waals surface area contributed by atoms with Gasteiger partial charge < -0.3 is 9.47 Å². The molecule has 0 aliphatic carbocycles. The summed E-state index contributed by atoms with van der Waals surface area (Å²) in [6.07, 6.45) is 0.159. The van der Waals surface area contributed by atoms with Crippen molar-refractivity contribution in [3.63, 3.8) is 0 Å². The van der Waals surface area contributed by atoms with Gasteiger partial charge in [-0.05, 0) is 19.1 Å². The van der Waals surface area contributed by atoms with Gasteiger partial charge in [0.15, 0.2) is 5.78 Å². The van der Waals surface area contributed by atoms with Crippen LogP contribution in [0.1, 0.15) is 30.1 Å². The first-order valence-electron chi connectivity index (χ1n) is 5.94. The molecule has 0 spiro atoms. The van der Waals surface area contributed by atoms with Crippen LogP contribution in [0.3, 0.4) is 0 Å². The number of ether oxygens (including phenoxy) is 2. The van der Waals surface area contributed by atoms with Crippen molar-refractivity contribution in [1.29, 1.82) is 0 Å². The Morgan fingerprint density at radius 2 is 1.94 bits per heavy atom. The van der Waals surface area contributed by atoms with Gasteiger partial charge >= 0.3 is 0 Å². The lowest BCUT2D eigenvalue weighted by Gasteiger charge is -2.08. The van der Waals surface area contributed by atoms with Gasteiger partial charge in [-0.15, -0.1) is 0 Å². The molecule has 0 saturated heterocycles. The summed E-state index contributed by atoms with van der Waals surface area (Å²) in [5, 5.41) is 0. The van der Waals surface area contributed by atoms with Gasteiger partial charge in [-0.25, -0.2) is 0 Å². The van der Waals surface area contributed by atoms with E-state index >= 15 is 0 Å². The fourth-order valence-electron chi connectivity index (χ4n) is 1.56. The molecule has 0 radical (unpaired) electrons. The van der Waals surface area contributed by atoms with Crippen molar-refractivity contribution < 1.29 is 19.1 Å². The second kappa shape index (κ2) is 7.61. The molecule has 0 aliphatic rings. The van der Waals surface area contributed by atoms with E-state index < -0.39 is 0 Å². The van der Waals surface area contributed by atoms with Crippen LogP contribution in [0.2, 0.25) is 0 Å².